The molecule has 0 amide bonds. The Hall–Kier alpha value is -1.13. The zero-order chi connectivity index (χ0) is 12.8. The molecule has 2 rings (SSSR count). The van der Waals surface area contributed by atoms with Gasteiger partial charge in [0.25, 0.3) is 0 Å². The van der Waals surface area contributed by atoms with Crippen molar-refractivity contribution in [3.63, 3.8) is 0 Å². The second-order valence-electron chi connectivity index (χ2n) is 4.81. The number of aromatic nitrogens is 1. The number of anilines is 1. The lowest BCUT2D eigenvalue weighted by molar-refractivity contribution is 0.0532. The fourth-order valence-electron chi connectivity index (χ4n) is 2.21. The quantitative estimate of drug-likeness (QED) is 0.808. The molecule has 2 heterocycles. The van der Waals surface area contributed by atoms with Crippen molar-refractivity contribution in [3.05, 3.63) is 24.0 Å². The average molecular weight is 249 g/mol. The second-order valence-corrected chi connectivity index (χ2v) is 4.81. The first-order valence-electron chi connectivity index (χ1n) is 6.81. The Morgan fingerprint density at radius 1 is 1.56 bits per heavy atom. The van der Waals surface area contributed by atoms with Gasteiger partial charge in [0.15, 0.2) is 0 Å². The fraction of sp³-hybridized carbons (Fsp3) is 0.643. The lowest BCUT2D eigenvalue weighted by atomic mass is 10.2. The van der Waals surface area contributed by atoms with E-state index in [0.29, 0.717) is 6.10 Å². The molecule has 0 radical (unpaired) electrons. The summed E-state index contributed by atoms with van der Waals surface area (Å²) in [6.07, 6.45) is 3.37. The van der Waals surface area contributed by atoms with Gasteiger partial charge in [-0.05, 0) is 32.0 Å². The lowest BCUT2D eigenvalue weighted by Gasteiger charge is -2.33. The summed E-state index contributed by atoms with van der Waals surface area (Å²) in [5.41, 5.74) is 2.37. The van der Waals surface area contributed by atoms with Gasteiger partial charge in [0.05, 0.1) is 18.4 Å². The molecular formula is C14H23N3O. The third kappa shape index (κ3) is 3.68. The van der Waals surface area contributed by atoms with Crippen molar-refractivity contribution in [3.8, 4) is 0 Å². The molecule has 1 aromatic rings. The summed E-state index contributed by atoms with van der Waals surface area (Å²) in [6.45, 7) is 8.93. The number of rotatable bonds is 5. The first-order chi connectivity index (χ1) is 8.79. The van der Waals surface area contributed by atoms with E-state index in [1.54, 1.807) is 0 Å². The Morgan fingerprint density at radius 2 is 2.44 bits per heavy atom. The van der Waals surface area contributed by atoms with Crippen LogP contribution in [0, 0.1) is 0 Å². The number of morpholine rings is 1. The van der Waals surface area contributed by atoms with Gasteiger partial charge in [-0.25, -0.2) is 0 Å². The number of hydrogen-bond donors (Lipinski definition) is 1. The summed E-state index contributed by atoms with van der Waals surface area (Å²) >= 11 is 0. The highest BCUT2D eigenvalue weighted by atomic mass is 16.5. The molecule has 1 atom stereocenters. The Labute approximate surface area is 109 Å². The maximum atomic E-state index is 5.57. The van der Waals surface area contributed by atoms with Crippen LogP contribution in [0.1, 0.15) is 26.0 Å². The number of nitrogens with zero attached hydrogens (tertiary/aromatic N) is 2. The van der Waals surface area contributed by atoms with Gasteiger partial charge in [-0.1, -0.05) is 6.92 Å². The summed E-state index contributed by atoms with van der Waals surface area (Å²) in [6, 6.07) is 4.27. The van der Waals surface area contributed by atoms with Crippen LogP contribution in [0.15, 0.2) is 18.3 Å². The van der Waals surface area contributed by atoms with Crippen molar-refractivity contribution < 1.29 is 4.74 Å². The van der Waals surface area contributed by atoms with E-state index < -0.39 is 0 Å². The van der Waals surface area contributed by atoms with Crippen LogP contribution in [0.5, 0.6) is 0 Å². The summed E-state index contributed by atoms with van der Waals surface area (Å²) in [5, 5.41) is 3.38. The van der Waals surface area contributed by atoms with E-state index in [-0.39, 0.29) is 0 Å². The molecule has 0 saturated carbocycles. The average Bonchev–Trinajstić information content (AvgIpc) is 2.39. The van der Waals surface area contributed by atoms with Crippen molar-refractivity contribution >= 4 is 5.69 Å². The largest absolute Gasteiger partial charge is 0.375 e. The molecule has 0 aromatic carbocycles. The summed E-state index contributed by atoms with van der Waals surface area (Å²) in [5.74, 6) is 0. The van der Waals surface area contributed by atoms with Gasteiger partial charge in [0.1, 0.15) is 0 Å². The molecule has 4 nitrogen and oxygen atoms in total. The number of ether oxygens (including phenoxy) is 1. The maximum absolute atomic E-state index is 5.57. The predicted molar refractivity (Wildman–Crippen MR) is 73.9 cm³/mol. The Balaban J connectivity index is 1.97. The van der Waals surface area contributed by atoms with Crippen molar-refractivity contribution in [2.75, 3.05) is 31.1 Å². The van der Waals surface area contributed by atoms with Gasteiger partial charge in [0, 0.05) is 31.5 Å². The summed E-state index contributed by atoms with van der Waals surface area (Å²) in [7, 11) is 0. The first kappa shape index (κ1) is 13.3. The summed E-state index contributed by atoms with van der Waals surface area (Å²) < 4.78 is 5.57. The number of nitrogens with one attached hydrogen (secondary N) is 1. The highest BCUT2D eigenvalue weighted by Gasteiger charge is 2.17. The monoisotopic (exact) mass is 249 g/mol. The number of hydrogen-bond acceptors (Lipinski definition) is 4. The van der Waals surface area contributed by atoms with Gasteiger partial charge in [-0.15, -0.1) is 0 Å². The molecule has 0 spiro atoms. The molecule has 1 unspecified atom stereocenters. The van der Waals surface area contributed by atoms with Crippen LogP contribution < -0.4 is 10.2 Å². The first-order valence-corrected chi connectivity index (χ1v) is 6.81. The molecule has 1 aromatic heterocycles. The fourth-order valence-corrected chi connectivity index (χ4v) is 2.21. The molecule has 1 fully saturated rings. The van der Waals surface area contributed by atoms with Gasteiger partial charge in [-0.2, -0.15) is 0 Å². The Morgan fingerprint density at radius 3 is 3.22 bits per heavy atom. The van der Waals surface area contributed by atoms with E-state index in [4.69, 9.17) is 4.74 Å². The zero-order valence-electron chi connectivity index (χ0n) is 11.4. The van der Waals surface area contributed by atoms with Crippen molar-refractivity contribution in [1.82, 2.24) is 10.3 Å². The standard InChI is InChI=1S/C14H23N3O/c1-3-5-15-10-13-9-14(4-6-16-13)17-7-8-18-12(2)11-17/h4,6,9,12,15H,3,5,7-8,10-11H2,1-2H3. The van der Waals surface area contributed by atoms with Crippen molar-refractivity contribution in [2.45, 2.75) is 32.9 Å². The minimum absolute atomic E-state index is 0.314. The van der Waals surface area contributed by atoms with E-state index in [9.17, 15) is 0 Å². The van der Waals surface area contributed by atoms with Gasteiger partial charge >= 0.3 is 0 Å². The minimum Gasteiger partial charge on any atom is -0.375 e. The van der Waals surface area contributed by atoms with Crippen LogP contribution in [0.2, 0.25) is 0 Å². The SMILES string of the molecule is CCCNCc1cc(N2CCOC(C)C2)ccn1. The molecule has 18 heavy (non-hydrogen) atoms. The van der Waals surface area contributed by atoms with Crippen LogP contribution in [0.4, 0.5) is 5.69 Å². The molecule has 1 aliphatic heterocycles. The molecule has 4 heteroatoms. The summed E-state index contributed by atoms with van der Waals surface area (Å²) in [4.78, 5) is 6.78. The van der Waals surface area contributed by atoms with Crippen LogP contribution in [-0.4, -0.2) is 37.3 Å². The smallest absolute Gasteiger partial charge is 0.0722 e. The van der Waals surface area contributed by atoms with Gasteiger partial charge in [-0.3, -0.25) is 4.98 Å². The molecule has 1 saturated heterocycles. The molecule has 100 valence electrons. The Bertz CT molecular complexity index is 370. The topological polar surface area (TPSA) is 37.4 Å². The van der Waals surface area contributed by atoms with Crippen molar-refractivity contribution in [1.29, 1.82) is 0 Å². The van der Waals surface area contributed by atoms with E-state index in [2.05, 4.69) is 41.2 Å². The maximum Gasteiger partial charge on any atom is 0.0722 e. The highest BCUT2D eigenvalue weighted by molar-refractivity contribution is 5.47. The predicted octanol–water partition coefficient (Wildman–Crippen LogP) is 1.81. The van der Waals surface area contributed by atoms with E-state index in [1.807, 2.05) is 6.20 Å². The molecule has 0 bridgehead atoms. The highest BCUT2D eigenvalue weighted by Crippen LogP contribution is 2.17. The van der Waals surface area contributed by atoms with Gasteiger partial charge in [0.2, 0.25) is 0 Å². The van der Waals surface area contributed by atoms with Crippen LogP contribution in [0.3, 0.4) is 0 Å². The lowest BCUT2D eigenvalue weighted by Crippen LogP contribution is -2.41. The van der Waals surface area contributed by atoms with Crippen LogP contribution in [0.25, 0.3) is 0 Å². The zero-order valence-corrected chi connectivity index (χ0v) is 11.4. The van der Waals surface area contributed by atoms with Crippen LogP contribution >= 0.6 is 0 Å². The van der Waals surface area contributed by atoms with E-state index in [1.165, 1.54) is 5.69 Å². The minimum atomic E-state index is 0.314. The van der Waals surface area contributed by atoms with E-state index >= 15 is 0 Å². The normalized spacial score (nSPS) is 20.1. The second kappa shape index (κ2) is 6.71. The van der Waals surface area contributed by atoms with E-state index in [0.717, 1.165) is 44.9 Å². The van der Waals surface area contributed by atoms with Crippen molar-refractivity contribution in [2.24, 2.45) is 0 Å². The number of pyridine rings is 1. The van der Waals surface area contributed by atoms with Gasteiger partial charge < -0.3 is 15.0 Å². The molecule has 1 aliphatic rings. The van der Waals surface area contributed by atoms with Crippen LogP contribution in [-0.2, 0) is 11.3 Å². The third-order valence-corrected chi connectivity index (χ3v) is 3.14. The molecule has 1 N–H and O–H groups in total. The molecule has 0 aliphatic carbocycles. The molecular weight excluding hydrogens is 226 g/mol. The third-order valence-electron chi connectivity index (χ3n) is 3.14. The Kier molecular flexibility index (Phi) is 4.96.